The number of aromatic nitrogens is 5. The van der Waals surface area contributed by atoms with Crippen molar-refractivity contribution in [2.45, 2.75) is 13.8 Å². The summed E-state index contributed by atoms with van der Waals surface area (Å²) in [4.78, 5) is 4.49. The fourth-order valence-electron chi connectivity index (χ4n) is 3.11. The molecule has 0 saturated carbocycles. The maximum absolute atomic E-state index is 5.47. The van der Waals surface area contributed by atoms with Crippen LogP contribution >= 0.6 is 0 Å². The molecule has 4 rings (SSSR count). The van der Waals surface area contributed by atoms with Crippen molar-refractivity contribution in [2.24, 2.45) is 0 Å². The third kappa shape index (κ3) is 3.34. The molecule has 0 N–H and O–H groups in total. The van der Waals surface area contributed by atoms with Crippen molar-refractivity contribution in [3.63, 3.8) is 0 Å². The fraction of sp³-hybridized carbons (Fsp3) is 0.238. The van der Waals surface area contributed by atoms with E-state index in [0.717, 1.165) is 11.4 Å². The van der Waals surface area contributed by atoms with Crippen molar-refractivity contribution in [2.75, 3.05) is 21.3 Å². The van der Waals surface area contributed by atoms with E-state index in [-0.39, 0.29) is 5.89 Å². The molecule has 0 aliphatic rings. The van der Waals surface area contributed by atoms with Gasteiger partial charge in [0.25, 0.3) is 5.89 Å². The lowest BCUT2D eigenvalue weighted by Gasteiger charge is -2.12. The van der Waals surface area contributed by atoms with E-state index in [1.54, 1.807) is 38.1 Å². The molecule has 154 valence electrons. The summed E-state index contributed by atoms with van der Waals surface area (Å²) in [6.45, 7) is 3.94. The van der Waals surface area contributed by atoms with E-state index in [1.807, 2.05) is 38.1 Å². The summed E-state index contributed by atoms with van der Waals surface area (Å²) >= 11 is 0. The first-order valence-corrected chi connectivity index (χ1v) is 9.19. The average molecular weight is 407 g/mol. The van der Waals surface area contributed by atoms with E-state index < -0.39 is 0 Å². The van der Waals surface area contributed by atoms with Crippen molar-refractivity contribution in [3.8, 4) is 45.9 Å². The summed E-state index contributed by atoms with van der Waals surface area (Å²) in [7, 11) is 4.65. The molecule has 0 bridgehead atoms. The minimum Gasteiger partial charge on any atom is -0.493 e. The lowest BCUT2D eigenvalue weighted by molar-refractivity contribution is 0.324. The molecule has 0 fully saturated rings. The molecule has 2 aromatic carbocycles. The molecule has 0 radical (unpaired) electrons. The Hall–Kier alpha value is -3.88. The van der Waals surface area contributed by atoms with Gasteiger partial charge in [-0.3, -0.25) is 0 Å². The molecule has 0 unspecified atom stereocenters. The maximum Gasteiger partial charge on any atom is 0.280 e. The molecule has 2 aromatic heterocycles. The number of benzene rings is 2. The molecule has 0 aliphatic carbocycles. The van der Waals surface area contributed by atoms with Gasteiger partial charge in [-0.1, -0.05) is 28.1 Å². The standard InChI is InChI=1S/C21H21N5O4/c1-12-6-8-15(9-7-12)26-13(2)18(23-25-26)21-22-20(24-30-21)14-10-16(27-3)19(29-5)17(11-14)28-4/h6-11H,1-5H3. The molecule has 4 aromatic rings. The van der Waals surface area contributed by atoms with Gasteiger partial charge < -0.3 is 18.7 Å². The molecule has 30 heavy (non-hydrogen) atoms. The number of nitrogens with zero attached hydrogens (tertiary/aromatic N) is 5. The minimum absolute atomic E-state index is 0.273. The van der Waals surface area contributed by atoms with Crippen LogP contribution < -0.4 is 14.2 Å². The van der Waals surface area contributed by atoms with Crippen LogP contribution in [0, 0.1) is 13.8 Å². The second kappa shape index (κ2) is 7.86. The number of aryl methyl sites for hydroxylation is 1. The summed E-state index contributed by atoms with van der Waals surface area (Å²) in [6.07, 6.45) is 0. The molecular formula is C21H21N5O4. The van der Waals surface area contributed by atoms with Crippen LogP contribution in [-0.4, -0.2) is 46.5 Å². The van der Waals surface area contributed by atoms with Gasteiger partial charge in [-0.25, -0.2) is 4.68 Å². The Bertz CT molecular complexity index is 1160. The normalized spacial score (nSPS) is 10.8. The van der Waals surface area contributed by atoms with Gasteiger partial charge in [-0.15, -0.1) is 5.10 Å². The second-order valence-corrected chi connectivity index (χ2v) is 6.61. The summed E-state index contributed by atoms with van der Waals surface area (Å²) < 4.78 is 23.3. The SMILES string of the molecule is COc1cc(-c2noc(-c3nnn(-c4ccc(C)cc4)c3C)n2)cc(OC)c1OC. The van der Waals surface area contributed by atoms with Crippen molar-refractivity contribution in [1.29, 1.82) is 0 Å². The van der Waals surface area contributed by atoms with E-state index >= 15 is 0 Å². The number of ether oxygens (including phenoxy) is 3. The summed E-state index contributed by atoms with van der Waals surface area (Å²) in [5.41, 5.74) is 4.04. The summed E-state index contributed by atoms with van der Waals surface area (Å²) in [6, 6.07) is 11.5. The Balaban J connectivity index is 1.71. The monoisotopic (exact) mass is 407 g/mol. The molecule has 9 heteroatoms. The predicted molar refractivity (Wildman–Crippen MR) is 109 cm³/mol. The van der Waals surface area contributed by atoms with Crippen molar-refractivity contribution >= 4 is 0 Å². The molecule has 0 saturated heterocycles. The number of hydrogen-bond acceptors (Lipinski definition) is 8. The third-order valence-electron chi connectivity index (χ3n) is 4.72. The zero-order chi connectivity index (χ0) is 21.3. The number of methoxy groups -OCH3 is 3. The first-order chi connectivity index (χ1) is 14.5. The Kier molecular flexibility index (Phi) is 5.09. The van der Waals surface area contributed by atoms with Gasteiger partial charge in [0, 0.05) is 5.56 Å². The number of hydrogen-bond donors (Lipinski definition) is 0. The van der Waals surface area contributed by atoms with Crippen LogP contribution in [0.3, 0.4) is 0 Å². The average Bonchev–Trinajstić information content (AvgIpc) is 3.40. The molecule has 0 spiro atoms. The Morgan fingerprint density at radius 1 is 0.900 bits per heavy atom. The fourth-order valence-corrected chi connectivity index (χ4v) is 3.11. The van der Waals surface area contributed by atoms with Crippen molar-refractivity contribution in [3.05, 3.63) is 47.7 Å². The van der Waals surface area contributed by atoms with Gasteiger partial charge in [0.1, 0.15) is 0 Å². The van der Waals surface area contributed by atoms with Gasteiger partial charge in [-0.05, 0) is 38.1 Å². The topological polar surface area (TPSA) is 97.3 Å². The smallest absolute Gasteiger partial charge is 0.280 e. The first kappa shape index (κ1) is 19.4. The molecule has 9 nitrogen and oxygen atoms in total. The Labute approximate surface area is 173 Å². The van der Waals surface area contributed by atoms with Crippen LogP contribution in [-0.2, 0) is 0 Å². The highest BCUT2D eigenvalue weighted by atomic mass is 16.5. The van der Waals surface area contributed by atoms with Crippen molar-refractivity contribution in [1.82, 2.24) is 25.1 Å². The van der Waals surface area contributed by atoms with E-state index in [9.17, 15) is 0 Å². The van der Waals surface area contributed by atoms with Crippen LogP contribution in [0.5, 0.6) is 17.2 Å². The zero-order valence-corrected chi connectivity index (χ0v) is 17.3. The molecule has 0 amide bonds. The summed E-state index contributed by atoms with van der Waals surface area (Å²) in [5.74, 6) is 2.13. The first-order valence-electron chi connectivity index (χ1n) is 9.19. The van der Waals surface area contributed by atoms with E-state index in [1.165, 1.54) is 5.56 Å². The summed E-state index contributed by atoms with van der Waals surface area (Å²) in [5, 5.41) is 12.6. The van der Waals surface area contributed by atoms with Crippen LogP contribution in [0.25, 0.3) is 28.7 Å². The molecule has 2 heterocycles. The largest absolute Gasteiger partial charge is 0.493 e. The van der Waals surface area contributed by atoms with E-state index in [0.29, 0.717) is 34.3 Å². The van der Waals surface area contributed by atoms with Crippen LogP contribution in [0.4, 0.5) is 0 Å². The highest BCUT2D eigenvalue weighted by Crippen LogP contribution is 2.40. The molecule has 0 atom stereocenters. The predicted octanol–water partition coefficient (Wildman–Crippen LogP) is 3.63. The zero-order valence-electron chi connectivity index (χ0n) is 17.3. The van der Waals surface area contributed by atoms with Gasteiger partial charge in [-0.2, -0.15) is 4.98 Å². The Morgan fingerprint density at radius 2 is 1.57 bits per heavy atom. The van der Waals surface area contributed by atoms with Crippen LogP contribution in [0.2, 0.25) is 0 Å². The second-order valence-electron chi connectivity index (χ2n) is 6.61. The quantitative estimate of drug-likeness (QED) is 0.478. The van der Waals surface area contributed by atoms with Crippen molar-refractivity contribution < 1.29 is 18.7 Å². The third-order valence-corrected chi connectivity index (χ3v) is 4.72. The van der Waals surface area contributed by atoms with Gasteiger partial charge in [0.2, 0.25) is 11.6 Å². The van der Waals surface area contributed by atoms with Crippen LogP contribution in [0.15, 0.2) is 40.9 Å². The lowest BCUT2D eigenvalue weighted by atomic mass is 10.1. The van der Waals surface area contributed by atoms with Gasteiger partial charge in [0.05, 0.1) is 32.7 Å². The number of rotatable bonds is 6. The molecule has 0 aliphatic heterocycles. The lowest BCUT2D eigenvalue weighted by Crippen LogP contribution is -1.99. The highest BCUT2D eigenvalue weighted by molar-refractivity contribution is 5.67. The van der Waals surface area contributed by atoms with Gasteiger partial charge >= 0.3 is 0 Å². The van der Waals surface area contributed by atoms with E-state index in [2.05, 4.69) is 20.5 Å². The minimum atomic E-state index is 0.273. The van der Waals surface area contributed by atoms with Crippen LogP contribution in [0.1, 0.15) is 11.3 Å². The highest BCUT2D eigenvalue weighted by Gasteiger charge is 2.21. The Morgan fingerprint density at radius 3 is 2.17 bits per heavy atom. The van der Waals surface area contributed by atoms with E-state index in [4.69, 9.17) is 18.7 Å². The molecular weight excluding hydrogens is 386 g/mol. The van der Waals surface area contributed by atoms with Gasteiger partial charge in [0.15, 0.2) is 17.2 Å². The maximum atomic E-state index is 5.47.